The van der Waals surface area contributed by atoms with Crippen LogP contribution >= 0.6 is 28.3 Å². The third-order valence-corrected chi connectivity index (χ3v) is 5.33. The van der Waals surface area contributed by atoms with E-state index in [1.54, 1.807) is 0 Å². The highest BCUT2D eigenvalue weighted by atomic mass is 79.9. The van der Waals surface area contributed by atoms with Gasteiger partial charge in [0.25, 0.3) is 5.91 Å². The van der Waals surface area contributed by atoms with Gasteiger partial charge < -0.3 is 26.0 Å². The molecule has 0 radical (unpaired) electrons. The summed E-state index contributed by atoms with van der Waals surface area (Å²) in [6.45, 7) is 1.55. The molecule has 0 aliphatic heterocycles. The standard InChI is InChI=1S/C22H25BrN4O3.ClH/c23-18-12-15(6-7-21(18)30-11-3-9-24)13-20(27-29)22(28)25-10-8-16-14-26-19-5-2-1-4-17(16)19;/h1-2,4-7,12,14,26,29H,3,8-11,13,24H2,(H,25,28);1H/b27-20+;. The molecule has 0 atom stereocenters. The predicted molar refractivity (Wildman–Crippen MR) is 128 cm³/mol. The highest BCUT2D eigenvalue weighted by molar-refractivity contribution is 9.10. The molecule has 0 unspecified atom stereocenters. The van der Waals surface area contributed by atoms with Crippen molar-refractivity contribution in [2.24, 2.45) is 10.9 Å². The summed E-state index contributed by atoms with van der Waals surface area (Å²) in [5.74, 6) is 0.314. The summed E-state index contributed by atoms with van der Waals surface area (Å²) in [5, 5.41) is 16.5. The molecule has 5 N–H and O–H groups in total. The van der Waals surface area contributed by atoms with Gasteiger partial charge in [-0.25, -0.2) is 0 Å². The second kappa shape index (κ2) is 12.3. The zero-order valence-electron chi connectivity index (χ0n) is 16.9. The Morgan fingerprint density at radius 1 is 1.26 bits per heavy atom. The van der Waals surface area contributed by atoms with Gasteiger partial charge in [0.1, 0.15) is 11.5 Å². The smallest absolute Gasteiger partial charge is 0.269 e. The van der Waals surface area contributed by atoms with Crippen molar-refractivity contribution in [3.05, 3.63) is 64.3 Å². The maximum absolute atomic E-state index is 12.4. The van der Waals surface area contributed by atoms with Crippen LogP contribution in [-0.2, 0) is 17.6 Å². The van der Waals surface area contributed by atoms with E-state index in [1.165, 1.54) is 0 Å². The molecular formula is C22H26BrClN4O3. The van der Waals surface area contributed by atoms with Crippen molar-refractivity contribution in [2.45, 2.75) is 19.3 Å². The van der Waals surface area contributed by atoms with Crippen LogP contribution < -0.4 is 15.8 Å². The summed E-state index contributed by atoms with van der Waals surface area (Å²) >= 11 is 3.47. The number of aromatic amines is 1. The number of oxime groups is 1. The molecule has 0 fully saturated rings. The molecule has 0 aliphatic rings. The topological polar surface area (TPSA) is 113 Å². The van der Waals surface area contributed by atoms with E-state index in [-0.39, 0.29) is 24.5 Å². The zero-order valence-corrected chi connectivity index (χ0v) is 19.3. The maximum atomic E-state index is 12.4. The molecule has 0 saturated carbocycles. The van der Waals surface area contributed by atoms with Crippen molar-refractivity contribution in [3.63, 3.8) is 0 Å². The van der Waals surface area contributed by atoms with E-state index in [2.05, 4.69) is 31.4 Å². The number of rotatable bonds is 10. The Morgan fingerprint density at radius 3 is 2.81 bits per heavy atom. The summed E-state index contributed by atoms with van der Waals surface area (Å²) in [6, 6.07) is 13.5. The Hall–Kier alpha value is -2.55. The summed E-state index contributed by atoms with van der Waals surface area (Å²) in [5.41, 5.74) is 8.55. The van der Waals surface area contributed by atoms with Crippen molar-refractivity contribution >= 4 is 50.9 Å². The fraction of sp³-hybridized carbons (Fsp3) is 0.273. The minimum absolute atomic E-state index is 0. The number of benzene rings is 2. The monoisotopic (exact) mass is 508 g/mol. The number of hydrogen-bond acceptors (Lipinski definition) is 5. The number of nitrogens with zero attached hydrogens (tertiary/aromatic N) is 1. The molecule has 2 aromatic carbocycles. The first-order chi connectivity index (χ1) is 14.6. The van der Waals surface area contributed by atoms with Crippen LogP contribution in [0.1, 0.15) is 17.5 Å². The number of halogens is 2. The molecule has 9 heteroatoms. The number of nitrogens with one attached hydrogen (secondary N) is 2. The molecule has 3 aromatic rings. The van der Waals surface area contributed by atoms with Crippen LogP contribution in [0.2, 0.25) is 0 Å². The molecule has 7 nitrogen and oxygen atoms in total. The lowest BCUT2D eigenvalue weighted by atomic mass is 10.1. The van der Waals surface area contributed by atoms with E-state index in [0.717, 1.165) is 32.9 Å². The van der Waals surface area contributed by atoms with Gasteiger partial charge in [-0.2, -0.15) is 0 Å². The highest BCUT2D eigenvalue weighted by Gasteiger charge is 2.14. The number of carbonyl (C=O) groups is 1. The third kappa shape index (κ3) is 6.72. The number of fused-ring (bicyclic) bond motifs is 1. The van der Waals surface area contributed by atoms with Gasteiger partial charge in [0.15, 0.2) is 0 Å². The quantitative estimate of drug-likeness (QED) is 0.144. The van der Waals surface area contributed by atoms with Crippen molar-refractivity contribution in [1.82, 2.24) is 10.3 Å². The normalized spacial score (nSPS) is 11.2. The Balaban J connectivity index is 0.00000341. The van der Waals surface area contributed by atoms with Crippen molar-refractivity contribution < 1.29 is 14.7 Å². The molecule has 0 spiro atoms. The number of amides is 1. The van der Waals surface area contributed by atoms with Crippen molar-refractivity contribution in [2.75, 3.05) is 19.7 Å². The van der Waals surface area contributed by atoms with Gasteiger partial charge >= 0.3 is 0 Å². The van der Waals surface area contributed by atoms with E-state index in [4.69, 9.17) is 10.5 Å². The lowest BCUT2D eigenvalue weighted by Gasteiger charge is -2.10. The number of H-pyrrole nitrogens is 1. The van der Waals surface area contributed by atoms with Gasteiger partial charge in [-0.05, 0) is 64.6 Å². The summed E-state index contributed by atoms with van der Waals surface area (Å²) in [7, 11) is 0. The number of hydrogen-bond donors (Lipinski definition) is 4. The average molecular weight is 510 g/mol. The van der Waals surface area contributed by atoms with Crippen LogP contribution in [-0.4, -0.2) is 41.5 Å². The number of aromatic nitrogens is 1. The van der Waals surface area contributed by atoms with Gasteiger partial charge in [0, 0.05) is 30.1 Å². The minimum atomic E-state index is -0.392. The maximum Gasteiger partial charge on any atom is 0.269 e. The second-order valence-corrected chi connectivity index (χ2v) is 7.70. The van der Waals surface area contributed by atoms with Crippen LogP contribution in [0.5, 0.6) is 5.75 Å². The van der Waals surface area contributed by atoms with Crippen molar-refractivity contribution in [3.8, 4) is 5.75 Å². The minimum Gasteiger partial charge on any atom is -0.492 e. The van der Waals surface area contributed by atoms with Crippen LogP contribution in [0, 0.1) is 0 Å². The Morgan fingerprint density at radius 2 is 2.06 bits per heavy atom. The first kappa shape index (κ1) is 24.7. The molecular weight excluding hydrogens is 484 g/mol. The number of nitrogens with two attached hydrogens (primary N) is 1. The fourth-order valence-corrected chi connectivity index (χ4v) is 3.68. The van der Waals surface area contributed by atoms with Gasteiger partial charge in [-0.1, -0.05) is 29.4 Å². The molecule has 0 aliphatic carbocycles. The Labute approximate surface area is 195 Å². The van der Waals surface area contributed by atoms with E-state index >= 15 is 0 Å². The SMILES string of the molecule is Cl.NCCCOc1ccc(C/C(=N\O)C(=O)NCCc2c[nH]c3ccccc23)cc1Br. The fourth-order valence-electron chi connectivity index (χ4n) is 3.14. The Bertz CT molecular complexity index is 1040. The number of carbonyl (C=O) groups excluding carboxylic acids is 1. The largest absolute Gasteiger partial charge is 0.492 e. The number of ether oxygens (including phenoxy) is 1. The summed E-state index contributed by atoms with van der Waals surface area (Å²) in [4.78, 5) is 15.7. The van der Waals surface area contributed by atoms with Crippen LogP contribution in [0.3, 0.4) is 0 Å². The molecule has 1 aromatic heterocycles. The Kier molecular flexibility index (Phi) is 9.84. The van der Waals surface area contributed by atoms with Crippen molar-refractivity contribution in [1.29, 1.82) is 0 Å². The van der Waals surface area contributed by atoms with E-state index < -0.39 is 5.91 Å². The van der Waals surface area contributed by atoms with Crippen LogP contribution in [0.15, 0.2) is 58.3 Å². The summed E-state index contributed by atoms with van der Waals surface area (Å²) < 4.78 is 6.41. The molecule has 1 amide bonds. The lowest BCUT2D eigenvalue weighted by molar-refractivity contribution is -0.115. The third-order valence-electron chi connectivity index (χ3n) is 4.71. The first-order valence-corrected chi connectivity index (χ1v) is 10.6. The van der Waals surface area contributed by atoms with Gasteiger partial charge in [-0.15, -0.1) is 12.4 Å². The average Bonchev–Trinajstić information content (AvgIpc) is 3.16. The number of para-hydroxylation sites is 1. The first-order valence-electron chi connectivity index (χ1n) is 9.77. The molecule has 31 heavy (non-hydrogen) atoms. The summed E-state index contributed by atoms with van der Waals surface area (Å²) in [6.07, 6.45) is 3.60. The van der Waals surface area contributed by atoms with Gasteiger partial charge in [-0.3, -0.25) is 4.79 Å². The molecule has 3 rings (SSSR count). The lowest BCUT2D eigenvalue weighted by Crippen LogP contribution is -2.33. The molecule has 0 bridgehead atoms. The molecule has 166 valence electrons. The van der Waals surface area contributed by atoms with Crippen LogP contribution in [0.4, 0.5) is 0 Å². The molecule has 0 saturated heterocycles. The second-order valence-electron chi connectivity index (χ2n) is 6.84. The van der Waals surface area contributed by atoms with E-state index in [1.807, 2.05) is 48.7 Å². The highest BCUT2D eigenvalue weighted by Crippen LogP contribution is 2.26. The van der Waals surface area contributed by atoms with Crippen LogP contribution in [0.25, 0.3) is 10.9 Å². The van der Waals surface area contributed by atoms with E-state index in [9.17, 15) is 10.0 Å². The van der Waals surface area contributed by atoms with Gasteiger partial charge in [0.2, 0.25) is 0 Å². The van der Waals surface area contributed by atoms with Gasteiger partial charge in [0.05, 0.1) is 11.1 Å². The zero-order chi connectivity index (χ0) is 21.3. The predicted octanol–water partition coefficient (Wildman–Crippen LogP) is 3.81. The molecule has 1 heterocycles. The van der Waals surface area contributed by atoms with E-state index in [0.29, 0.717) is 31.9 Å².